The Labute approximate surface area is 133 Å². The highest BCUT2D eigenvalue weighted by Crippen LogP contribution is 2.19. The molecule has 0 aliphatic carbocycles. The Kier molecular flexibility index (Phi) is 4.56. The molecule has 102 valence electrons. The van der Waals surface area contributed by atoms with Crippen molar-refractivity contribution >= 4 is 51.8 Å². The molecule has 1 amide bonds. The summed E-state index contributed by atoms with van der Waals surface area (Å²) >= 11 is 7.71. The number of hydrogen-bond acceptors (Lipinski definition) is 3. The number of carboxylic acids is 1. The lowest BCUT2D eigenvalue weighted by molar-refractivity contribution is 0.0698. The first-order valence-corrected chi connectivity index (χ1v) is 6.90. The minimum Gasteiger partial charge on any atom is -0.478 e. The van der Waals surface area contributed by atoms with E-state index in [1.54, 1.807) is 18.2 Å². The fourth-order valence-electron chi connectivity index (χ4n) is 1.52. The van der Waals surface area contributed by atoms with Crippen molar-refractivity contribution in [3.8, 4) is 0 Å². The molecule has 0 atom stereocenters. The van der Waals surface area contributed by atoms with Crippen molar-refractivity contribution in [2.24, 2.45) is 0 Å². The lowest BCUT2D eigenvalue weighted by atomic mass is 10.1. The van der Waals surface area contributed by atoms with Crippen LogP contribution >= 0.6 is 34.2 Å². The number of pyridine rings is 1. The van der Waals surface area contributed by atoms with Crippen molar-refractivity contribution in [2.75, 3.05) is 5.32 Å². The molecule has 5 nitrogen and oxygen atoms in total. The fourth-order valence-corrected chi connectivity index (χ4v) is 2.18. The van der Waals surface area contributed by atoms with Gasteiger partial charge in [-0.2, -0.15) is 0 Å². The van der Waals surface area contributed by atoms with E-state index in [0.717, 1.165) is 3.57 Å². The number of carbonyl (C=O) groups excluding carboxylic acids is 1. The van der Waals surface area contributed by atoms with Crippen LogP contribution in [0.25, 0.3) is 0 Å². The molecular weight excluding hydrogens is 395 g/mol. The number of hydrogen-bond donors (Lipinski definition) is 2. The number of nitrogens with zero attached hydrogens (tertiary/aromatic N) is 1. The van der Waals surface area contributed by atoms with E-state index >= 15 is 0 Å². The summed E-state index contributed by atoms with van der Waals surface area (Å²) in [5, 5.41) is 11.8. The Balaban J connectivity index is 2.30. The van der Waals surface area contributed by atoms with Gasteiger partial charge in [0.1, 0.15) is 10.8 Å². The maximum Gasteiger partial charge on any atom is 0.337 e. The van der Waals surface area contributed by atoms with Gasteiger partial charge in [0.05, 0.1) is 11.3 Å². The maximum absolute atomic E-state index is 12.0. The lowest BCUT2D eigenvalue weighted by Crippen LogP contribution is -2.16. The van der Waals surface area contributed by atoms with Gasteiger partial charge in [0.2, 0.25) is 0 Å². The topological polar surface area (TPSA) is 79.3 Å². The average Bonchev–Trinajstić information content (AvgIpc) is 2.40. The molecule has 7 heteroatoms. The minimum atomic E-state index is -1.11. The van der Waals surface area contributed by atoms with Gasteiger partial charge in [0, 0.05) is 3.57 Å². The molecule has 1 aromatic heterocycles. The monoisotopic (exact) mass is 402 g/mol. The molecule has 0 saturated heterocycles. The van der Waals surface area contributed by atoms with Crippen molar-refractivity contribution < 1.29 is 14.7 Å². The number of aromatic nitrogens is 1. The normalized spacial score (nSPS) is 10.1. The summed E-state index contributed by atoms with van der Waals surface area (Å²) in [4.78, 5) is 27.0. The Morgan fingerprint density at radius 1 is 1.25 bits per heavy atom. The number of anilines is 1. The van der Waals surface area contributed by atoms with Gasteiger partial charge >= 0.3 is 5.97 Å². The van der Waals surface area contributed by atoms with Crippen molar-refractivity contribution in [3.63, 3.8) is 0 Å². The van der Waals surface area contributed by atoms with E-state index in [1.165, 1.54) is 18.2 Å². The van der Waals surface area contributed by atoms with Gasteiger partial charge in [-0.1, -0.05) is 17.7 Å². The van der Waals surface area contributed by atoms with Crippen molar-refractivity contribution in [1.29, 1.82) is 0 Å². The molecule has 0 aliphatic rings. The molecule has 0 radical (unpaired) electrons. The van der Waals surface area contributed by atoms with Gasteiger partial charge in [-0.05, 0) is 52.9 Å². The van der Waals surface area contributed by atoms with Gasteiger partial charge in [-0.3, -0.25) is 4.79 Å². The third kappa shape index (κ3) is 3.45. The molecule has 0 bridgehead atoms. The first-order valence-electron chi connectivity index (χ1n) is 5.44. The minimum absolute atomic E-state index is 0.0206. The highest BCUT2D eigenvalue weighted by atomic mass is 127. The lowest BCUT2D eigenvalue weighted by Gasteiger charge is -2.08. The van der Waals surface area contributed by atoms with Crippen LogP contribution in [-0.4, -0.2) is 22.0 Å². The number of benzene rings is 1. The second-order valence-corrected chi connectivity index (χ2v) is 5.43. The van der Waals surface area contributed by atoms with E-state index in [4.69, 9.17) is 16.7 Å². The first-order chi connectivity index (χ1) is 9.47. The van der Waals surface area contributed by atoms with Crippen LogP contribution in [-0.2, 0) is 0 Å². The molecule has 2 aromatic rings. The van der Waals surface area contributed by atoms with Crippen LogP contribution in [0, 0.1) is 3.57 Å². The van der Waals surface area contributed by atoms with Crippen LogP contribution in [0.4, 0.5) is 5.69 Å². The Morgan fingerprint density at radius 2 is 2.00 bits per heavy atom. The molecule has 20 heavy (non-hydrogen) atoms. The van der Waals surface area contributed by atoms with E-state index in [1.807, 2.05) is 22.6 Å². The summed E-state index contributed by atoms with van der Waals surface area (Å²) in [6.45, 7) is 0. The number of carboxylic acid groups (broad SMARTS) is 1. The van der Waals surface area contributed by atoms with E-state index in [9.17, 15) is 9.59 Å². The van der Waals surface area contributed by atoms with Gasteiger partial charge < -0.3 is 10.4 Å². The van der Waals surface area contributed by atoms with E-state index in [0.29, 0.717) is 0 Å². The molecule has 0 fully saturated rings. The predicted molar refractivity (Wildman–Crippen MR) is 83.3 cm³/mol. The summed E-state index contributed by atoms with van der Waals surface area (Å²) in [5.74, 6) is -1.63. The average molecular weight is 403 g/mol. The van der Waals surface area contributed by atoms with E-state index in [2.05, 4.69) is 10.3 Å². The largest absolute Gasteiger partial charge is 0.478 e. The Hall–Kier alpha value is -1.67. The zero-order chi connectivity index (χ0) is 14.7. The maximum atomic E-state index is 12.0. The van der Waals surface area contributed by atoms with Crippen LogP contribution in [0.1, 0.15) is 20.8 Å². The molecular formula is C13H8ClIN2O3. The Morgan fingerprint density at radius 3 is 2.65 bits per heavy atom. The molecule has 2 N–H and O–H groups in total. The second kappa shape index (κ2) is 6.19. The second-order valence-electron chi connectivity index (χ2n) is 3.79. The van der Waals surface area contributed by atoms with Gasteiger partial charge in [-0.25, -0.2) is 9.78 Å². The van der Waals surface area contributed by atoms with Crippen molar-refractivity contribution in [2.45, 2.75) is 0 Å². The Bertz CT molecular complexity index is 691. The van der Waals surface area contributed by atoms with Crippen molar-refractivity contribution in [1.82, 2.24) is 4.98 Å². The van der Waals surface area contributed by atoms with Gasteiger partial charge in [0.15, 0.2) is 0 Å². The molecule has 0 unspecified atom stereocenters. The third-order valence-electron chi connectivity index (χ3n) is 2.41. The number of carbonyl (C=O) groups is 2. The summed E-state index contributed by atoms with van der Waals surface area (Å²) < 4.78 is 0.763. The highest BCUT2D eigenvalue weighted by molar-refractivity contribution is 14.1. The SMILES string of the molecule is O=C(Nc1ccc(I)cc1C(=O)O)c1cccc(Cl)n1. The fraction of sp³-hybridized carbons (Fsp3) is 0. The van der Waals surface area contributed by atoms with Crippen molar-refractivity contribution in [3.05, 3.63) is 56.4 Å². The number of aromatic carboxylic acids is 1. The standard InChI is InChI=1S/C13H8ClIN2O3/c14-11-3-1-2-10(16-11)12(18)17-9-5-4-7(15)6-8(9)13(19)20/h1-6H,(H,17,18)(H,19,20). The number of nitrogens with one attached hydrogen (secondary N) is 1. The molecule has 1 heterocycles. The highest BCUT2D eigenvalue weighted by Gasteiger charge is 2.14. The summed E-state index contributed by atoms with van der Waals surface area (Å²) in [6, 6.07) is 9.35. The molecule has 0 saturated carbocycles. The molecule has 1 aromatic carbocycles. The third-order valence-corrected chi connectivity index (χ3v) is 3.29. The van der Waals surface area contributed by atoms with Gasteiger partial charge in [0.25, 0.3) is 5.91 Å². The summed E-state index contributed by atoms with van der Waals surface area (Å²) in [7, 11) is 0. The quantitative estimate of drug-likeness (QED) is 0.610. The number of halogens is 2. The molecule has 2 rings (SSSR count). The summed E-state index contributed by atoms with van der Waals surface area (Å²) in [6.07, 6.45) is 0. The smallest absolute Gasteiger partial charge is 0.337 e. The van der Waals surface area contributed by atoms with Crippen LogP contribution in [0.2, 0.25) is 5.15 Å². The molecule has 0 spiro atoms. The predicted octanol–water partition coefficient (Wildman–Crippen LogP) is 3.29. The van der Waals surface area contributed by atoms with Crippen LogP contribution in [0.5, 0.6) is 0 Å². The van der Waals surface area contributed by atoms with Crippen LogP contribution in [0.3, 0.4) is 0 Å². The molecule has 0 aliphatic heterocycles. The zero-order valence-corrected chi connectivity index (χ0v) is 12.8. The first kappa shape index (κ1) is 14.7. The van der Waals surface area contributed by atoms with E-state index < -0.39 is 11.9 Å². The number of rotatable bonds is 3. The summed E-state index contributed by atoms with van der Waals surface area (Å²) in [5.41, 5.74) is 0.351. The van der Waals surface area contributed by atoms with E-state index in [-0.39, 0.29) is 22.1 Å². The van der Waals surface area contributed by atoms with Crippen LogP contribution in [0.15, 0.2) is 36.4 Å². The van der Waals surface area contributed by atoms with Crippen LogP contribution < -0.4 is 5.32 Å². The van der Waals surface area contributed by atoms with Gasteiger partial charge in [-0.15, -0.1) is 0 Å². The zero-order valence-electron chi connectivity index (χ0n) is 9.93. The number of amides is 1.